The highest BCUT2D eigenvalue weighted by molar-refractivity contribution is 5.62. The normalized spacial score (nSPS) is 14.3. The highest BCUT2D eigenvalue weighted by Gasteiger charge is 2.22. The van der Waals surface area contributed by atoms with E-state index >= 15 is 0 Å². The Kier molecular flexibility index (Phi) is 2.82. The van der Waals surface area contributed by atoms with Crippen LogP contribution in [0.3, 0.4) is 0 Å². The van der Waals surface area contributed by atoms with E-state index in [1.807, 2.05) is 19.3 Å². The molecule has 0 radical (unpaired) electrons. The SMILES string of the molecule is CNC(C)(C)c1ncc(-c2ccc3c(c2)CCO3)[nH]1. The van der Waals surface area contributed by atoms with Crippen LogP contribution >= 0.6 is 0 Å². The Hall–Kier alpha value is -1.81. The van der Waals surface area contributed by atoms with E-state index in [-0.39, 0.29) is 5.54 Å². The predicted octanol–water partition coefficient (Wildman–Crippen LogP) is 2.47. The Labute approximate surface area is 113 Å². The summed E-state index contributed by atoms with van der Waals surface area (Å²) in [7, 11) is 1.94. The number of nitrogens with one attached hydrogen (secondary N) is 2. The maximum absolute atomic E-state index is 5.53. The molecule has 0 bridgehead atoms. The third-order valence-corrected chi connectivity index (χ3v) is 3.79. The fraction of sp³-hybridized carbons (Fsp3) is 0.400. The van der Waals surface area contributed by atoms with E-state index in [2.05, 4.69) is 41.3 Å². The van der Waals surface area contributed by atoms with Crippen molar-refractivity contribution in [1.29, 1.82) is 0 Å². The number of rotatable bonds is 3. The van der Waals surface area contributed by atoms with Crippen molar-refractivity contribution in [2.45, 2.75) is 25.8 Å². The minimum absolute atomic E-state index is 0.155. The first-order valence-electron chi connectivity index (χ1n) is 6.60. The highest BCUT2D eigenvalue weighted by Crippen LogP contribution is 2.30. The third-order valence-electron chi connectivity index (χ3n) is 3.79. The molecule has 2 aromatic rings. The van der Waals surface area contributed by atoms with Crippen molar-refractivity contribution in [3.63, 3.8) is 0 Å². The van der Waals surface area contributed by atoms with Gasteiger partial charge in [-0.2, -0.15) is 0 Å². The molecule has 4 heteroatoms. The van der Waals surface area contributed by atoms with E-state index in [1.54, 1.807) is 0 Å². The van der Waals surface area contributed by atoms with Crippen molar-refractivity contribution >= 4 is 0 Å². The van der Waals surface area contributed by atoms with Crippen LogP contribution in [0, 0.1) is 0 Å². The first-order valence-corrected chi connectivity index (χ1v) is 6.60. The van der Waals surface area contributed by atoms with Crippen LogP contribution in [-0.4, -0.2) is 23.6 Å². The molecule has 0 fully saturated rings. The van der Waals surface area contributed by atoms with Gasteiger partial charge >= 0.3 is 0 Å². The quantitative estimate of drug-likeness (QED) is 0.888. The van der Waals surface area contributed by atoms with Gasteiger partial charge in [0.2, 0.25) is 0 Å². The zero-order chi connectivity index (χ0) is 13.5. The lowest BCUT2D eigenvalue weighted by Gasteiger charge is -2.20. The molecule has 0 unspecified atom stereocenters. The molecule has 3 rings (SSSR count). The lowest BCUT2D eigenvalue weighted by atomic mass is 10.1. The monoisotopic (exact) mass is 257 g/mol. The second-order valence-electron chi connectivity index (χ2n) is 5.44. The summed E-state index contributed by atoms with van der Waals surface area (Å²) in [6.45, 7) is 5.00. The van der Waals surface area contributed by atoms with E-state index in [9.17, 15) is 0 Å². The Morgan fingerprint density at radius 3 is 3.00 bits per heavy atom. The molecule has 2 N–H and O–H groups in total. The van der Waals surface area contributed by atoms with Gasteiger partial charge in [-0.25, -0.2) is 4.98 Å². The predicted molar refractivity (Wildman–Crippen MR) is 75.3 cm³/mol. The maximum Gasteiger partial charge on any atom is 0.126 e. The summed E-state index contributed by atoms with van der Waals surface area (Å²) in [4.78, 5) is 7.88. The van der Waals surface area contributed by atoms with E-state index in [0.29, 0.717) is 0 Å². The molecule has 4 nitrogen and oxygen atoms in total. The molecule has 100 valence electrons. The average Bonchev–Trinajstić information content (AvgIpc) is 3.06. The van der Waals surface area contributed by atoms with Gasteiger partial charge in [0, 0.05) is 12.0 Å². The molecule has 0 amide bonds. The van der Waals surface area contributed by atoms with Gasteiger partial charge in [-0.05, 0) is 44.7 Å². The van der Waals surface area contributed by atoms with Crippen LogP contribution < -0.4 is 10.1 Å². The number of benzene rings is 1. The number of nitrogens with zero attached hydrogens (tertiary/aromatic N) is 1. The van der Waals surface area contributed by atoms with Gasteiger partial charge in [0.15, 0.2) is 0 Å². The van der Waals surface area contributed by atoms with Crippen LogP contribution in [0.1, 0.15) is 25.2 Å². The van der Waals surface area contributed by atoms with E-state index in [0.717, 1.165) is 35.9 Å². The fourth-order valence-electron chi connectivity index (χ4n) is 2.26. The highest BCUT2D eigenvalue weighted by atomic mass is 16.5. The van der Waals surface area contributed by atoms with Crippen molar-refractivity contribution in [3.8, 4) is 17.0 Å². The van der Waals surface area contributed by atoms with E-state index in [4.69, 9.17) is 4.74 Å². The summed E-state index contributed by atoms with van der Waals surface area (Å²) in [5.41, 5.74) is 3.34. The van der Waals surface area contributed by atoms with Gasteiger partial charge in [-0.1, -0.05) is 0 Å². The molecule has 1 aliphatic heterocycles. The lowest BCUT2D eigenvalue weighted by Crippen LogP contribution is -2.34. The molecule has 1 aromatic carbocycles. The summed E-state index contributed by atoms with van der Waals surface area (Å²) in [6.07, 6.45) is 2.89. The number of aromatic amines is 1. The Morgan fingerprint density at radius 1 is 1.37 bits per heavy atom. The average molecular weight is 257 g/mol. The van der Waals surface area contributed by atoms with Crippen LogP contribution in [0.2, 0.25) is 0 Å². The molecule has 1 aromatic heterocycles. The summed E-state index contributed by atoms with van der Waals surface area (Å²) >= 11 is 0. The van der Waals surface area contributed by atoms with Crippen molar-refractivity contribution in [1.82, 2.24) is 15.3 Å². The number of ether oxygens (including phenoxy) is 1. The summed E-state index contributed by atoms with van der Waals surface area (Å²) < 4.78 is 5.53. The van der Waals surface area contributed by atoms with Crippen molar-refractivity contribution in [2.75, 3.05) is 13.7 Å². The Morgan fingerprint density at radius 2 is 2.21 bits per heavy atom. The van der Waals surface area contributed by atoms with Gasteiger partial charge in [-0.15, -0.1) is 0 Å². The van der Waals surface area contributed by atoms with Crippen molar-refractivity contribution in [2.24, 2.45) is 0 Å². The zero-order valence-electron chi connectivity index (χ0n) is 11.6. The molecule has 19 heavy (non-hydrogen) atoms. The minimum Gasteiger partial charge on any atom is -0.493 e. The summed E-state index contributed by atoms with van der Waals surface area (Å²) in [5.74, 6) is 1.96. The maximum atomic E-state index is 5.53. The first kappa shape index (κ1) is 12.2. The molecule has 0 saturated carbocycles. The molecule has 0 saturated heterocycles. The smallest absolute Gasteiger partial charge is 0.126 e. The number of hydrogen-bond donors (Lipinski definition) is 2. The molecule has 0 spiro atoms. The van der Waals surface area contributed by atoms with E-state index in [1.165, 1.54) is 5.56 Å². The van der Waals surface area contributed by atoms with Gasteiger partial charge < -0.3 is 15.0 Å². The standard InChI is InChI=1S/C15H19N3O/c1-15(2,16-3)14-17-9-12(18-14)10-4-5-13-11(8-10)6-7-19-13/h4-5,8-9,16H,6-7H2,1-3H3,(H,17,18). The third kappa shape index (κ3) is 2.12. The number of imidazole rings is 1. The van der Waals surface area contributed by atoms with Crippen LogP contribution in [0.15, 0.2) is 24.4 Å². The first-order chi connectivity index (χ1) is 9.10. The van der Waals surface area contributed by atoms with Crippen LogP contribution in [0.4, 0.5) is 0 Å². The molecule has 0 aliphatic carbocycles. The molecular formula is C15H19N3O. The molecule has 2 heterocycles. The van der Waals surface area contributed by atoms with Crippen LogP contribution in [-0.2, 0) is 12.0 Å². The minimum atomic E-state index is -0.155. The van der Waals surface area contributed by atoms with Gasteiger partial charge in [0.1, 0.15) is 11.6 Å². The van der Waals surface area contributed by atoms with E-state index < -0.39 is 0 Å². The second-order valence-corrected chi connectivity index (χ2v) is 5.44. The lowest BCUT2D eigenvalue weighted by molar-refractivity contribution is 0.357. The Bertz CT molecular complexity index is 601. The molecule has 0 atom stereocenters. The largest absolute Gasteiger partial charge is 0.493 e. The number of H-pyrrole nitrogens is 1. The molecular weight excluding hydrogens is 238 g/mol. The number of hydrogen-bond acceptors (Lipinski definition) is 3. The zero-order valence-corrected chi connectivity index (χ0v) is 11.6. The summed E-state index contributed by atoms with van der Waals surface area (Å²) in [6, 6.07) is 6.31. The van der Waals surface area contributed by atoms with Crippen molar-refractivity contribution in [3.05, 3.63) is 35.8 Å². The number of aromatic nitrogens is 2. The fourth-order valence-corrected chi connectivity index (χ4v) is 2.26. The van der Waals surface area contributed by atoms with Crippen LogP contribution in [0.25, 0.3) is 11.3 Å². The number of fused-ring (bicyclic) bond motifs is 1. The van der Waals surface area contributed by atoms with Gasteiger partial charge in [0.25, 0.3) is 0 Å². The van der Waals surface area contributed by atoms with Gasteiger partial charge in [0.05, 0.1) is 24.0 Å². The van der Waals surface area contributed by atoms with Gasteiger partial charge in [-0.3, -0.25) is 0 Å². The topological polar surface area (TPSA) is 49.9 Å². The Balaban J connectivity index is 1.95. The van der Waals surface area contributed by atoms with Crippen LogP contribution in [0.5, 0.6) is 5.75 Å². The second kappa shape index (κ2) is 4.38. The summed E-state index contributed by atoms with van der Waals surface area (Å²) in [5, 5.41) is 3.25. The van der Waals surface area contributed by atoms with Crippen molar-refractivity contribution < 1.29 is 4.74 Å². The molecule has 1 aliphatic rings.